The summed E-state index contributed by atoms with van der Waals surface area (Å²) in [4.78, 5) is 13.5. The van der Waals surface area contributed by atoms with Crippen molar-refractivity contribution in [3.63, 3.8) is 0 Å². The van der Waals surface area contributed by atoms with Crippen molar-refractivity contribution < 1.29 is 9.13 Å². The molecule has 1 fully saturated rings. The number of ether oxygens (including phenoxy) is 1. The summed E-state index contributed by atoms with van der Waals surface area (Å²) < 4.78 is 18.4. The highest BCUT2D eigenvalue weighted by Gasteiger charge is 2.18. The Labute approximate surface area is 210 Å². The lowest BCUT2D eigenvalue weighted by Crippen LogP contribution is -2.46. The summed E-state index contributed by atoms with van der Waals surface area (Å²) in [5.74, 6) is 1.80. The summed E-state index contributed by atoms with van der Waals surface area (Å²) in [6.45, 7) is 3.85. The van der Waals surface area contributed by atoms with Crippen LogP contribution in [0, 0.1) is 5.82 Å². The van der Waals surface area contributed by atoms with Gasteiger partial charge in [0.05, 0.1) is 13.7 Å². The van der Waals surface area contributed by atoms with Gasteiger partial charge in [-0.05, 0) is 54.1 Å². The molecule has 1 aromatic heterocycles. The van der Waals surface area contributed by atoms with Crippen LogP contribution in [0.15, 0.2) is 71.9 Å². The van der Waals surface area contributed by atoms with Gasteiger partial charge < -0.3 is 25.6 Å². The number of nitrogens with one attached hydrogen (secondary N) is 1. The van der Waals surface area contributed by atoms with Crippen LogP contribution < -0.4 is 25.6 Å². The molecule has 0 unspecified atom stereocenters. The summed E-state index contributed by atoms with van der Waals surface area (Å²) >= 11 is 0. The van der Waals surface area contributed by atoms with Crippen LogP contribution >= 0.6 is 24.0 Å². The van der Waals surface area contributed by atoms with E-state index >= 15 is 0 Å². The van der Waals surface area contributed by atoms with Gasteiger partial charge in [-0.2, -0.15) is 0 Å². The third-order valence-corrected chi connectivity index (χ3v) is 5.38. The van der Waals surface area contributed by atoms with Gasteiger partial charge in [0, 0.05) is 49.8 Å². The third-order valence-electron chi connectivity index (χ3n) is 5.38. The highest BCUT2D eigenvalue weighted by Crippen LogP contribution is 2.21. The fraction of sp³-hybridized carbons (Fsp3) is 0.250. The molecule has 33 heavy (non-hydrogen) atoms. The van der Waals surface area contributed by atoms with E-state index in [0.717, 1.165) is 54.7 Å². The molecule has 1 saturated heterocycles. The Morgan fingerprint density at radius 2 is 1.79 bits per heavy atom. The molecule has 1 aliphatic rings. The summed E-state index contributed by atoms with van der Waals surface area (Å²) in [5.41, 5.74) is 8.94. The van der Waals surface area contributed by atoms with E-state index in [0.29, 0.717) is 12.5 Å². The standard InChI is InChI=1S/C24H27FN6O.HI/c1-32-22-4-2-3-20(16-22)29-24(26)28-17-18-9-10-27-23(15-18)31-13-11-30(12-14-31)21-7-5-19(25)6-8-21;/h2-10,15-16H,11-14,17H2,1H3,(H3,26,28,29);1H. The zero-order valence-electron chi connectivity index (χ0n) is 18.4. The number of nitrogens with two attached hydrogens (primary N) is 1. The zero-order valence-corrected chi connectivity index (χ0v) is 20.8. The quantitative estimate of drug-likeness (QED) is 0.268. The maximum absolute atomic E-state index is 13.2. The van der Waals surface area contributed by atoms with E-state index in [1.807, 2.05) is 42.5 Å². The lowest BCUT2D eigenvalue weighted by molar-refractivity contribution is 0.415. The molecule has 4 rings (SSSR count). The number of methoxy groups -OCH3 is 1. The second kappa shape index (κ2) is 11.7. The van der Waals surface area contributed by atoms with E-state index in [1.165, 1.54) is 12.1 Å². The lowest BCUT2D eigenvalue weighted by Gasteiger charge is -2.36. The number of piperazine rings is 1. The van der Waals surface area contributed by atoms with Crippen molar-refractivity contribution in [2.45, 2.75) is 6.54 Å². The molecule has 9 heteroatoms. The molecule has 2 heterocycles. The van der Waals surface area contributed by atoms with Crippen LogP contribution in [-0.2, 0) is 6.54 Å². The van der Waals surface area contributed by atoms with Crippen molar-refractivity contribution in [2.24, 2.45) is 10.7 Å². The maximum atomic E-state index is 13.2. The number of pyridine rings is 1. The number of anilines is 3. The minimum absolute atomic E-state index is 0. The zero-order chi connectivity index (χ0) is 22.3. The van der Waals surface area contributed by atoms with Crippen molar-refractivity contribution in [3.05, 3.63) is 78.2 Å². The van der Waals surface area contributed by atoms with Gasteiger partial charge in [-0.15, -0.1) is 24.0 Å². The highest BCUT2D eigenvalue weighted by molar-refractivity contribution is 14.0. The van der Waals surface area contributed by atoms with Gasteiger partial charge in [0.1, 0.15) is 17.4 Å². The van der Waals surface area contributed by atoms with Gasteiger partial charge in [0.15, 0.2) is 5.96 Å². The molecule has 3 N–H and O–H groups in total. The molecule has 174 valence electrons. The van der Waals surface area contributed by atoms with Crippen molar-refractivity contribution in [1.82, 2.24) is 4.98 Å². The predicted molar refractivity (Wildman–Crippen MR) is 142 cm³/mol. The number of aliphatic imine (C=N–C) groups is 1. The SMILES string of the molecule is COc1cccc(NC(N)=NCc2ccnc(N3CCN(c4ccc(F)cc4)CC3)c2)c1.I. The Morgan fingerprint density at radius 1 is 1.06 bits per heavy atom. The lowest BCUT2D eigenvalue weighted by atomic mass is 10.2. The minimum Gasteiger partial charge on any atom is -0.497 e. The van der Waals surface area contributed by atoms with Crippen molar-refractivity contribution in [2.75, 3.05) is 48.4 Å². The van der Waals surface area contributed by atoms with E-state index in [1.54, 1.807) is 13.3 Å². The molecule has 2 aromatic carbocycles. The average Bonchev–Trinajstić information content (AvgIpc) is 2.84. The summed E-state index contributed by atoms with van der Waals surface area (Å²) in [5, 5.41) is 3.08. The van der Waals surface area contributed by atoms with Crippen LogP contribution in [0.1, 0.15) is 5.56 Å². The van der Waals surface area contributed by atoms with Gasteiger partial charge in [-0.3, -0.25) is 0 Å². The highest BCUT2D eigenvalue weighted by atomic mass is 127. The summed E-state index contributed by atoms with van der Waals surface area (Å²) in [6, 6.07) is 18.2. The second-order valence-electron chi connectivity index (χ2n) is 7.53. The van der Waals surface area contributed by atoms with E-state index in [-0.39, 0.29) is 29.8 Å². The number of benzene rings is 2. The largest absolute Gasteiger partial charge is 0.497 e. The molecule has 0 radical (unpaired) electrons. The smallest absolute Gasteiger partial charge is 0.193 e. The Kier molecular flexibility index (Phi) is 8.70. The van der Waals surface area contributed by atoms with Gasteiger partial charge in [-0.25, -0.2) is 14.4 Å². The normalized spacial score (nSPS) is 13.9. The summed E-state index contributed by atoms with van der Waals surface area (Å²) in [7, 11) is 1.63. The van der Waals surface area contributed by atoms with Crippen LogP contribution in [0.3, 0.4) is 0 Å². The molecule has 0 amide bonds. The van der Waals surface area contributed by atoms with E-state index < -0.39 is 0 Å². The number of hydrogen-bond acceptors (Lipinski definition) is 5. The number of hydrogen-bond donors (Lipinski definition) is 2. The molecule has 0 bridgehead atoms. The van der Waals surface area contributed by atoms with Gasteiger partial charge in [-0.1, -0.05) is 6.07 Å². The molecule has 0 atom stereocenters. The minimum atomic E-state index is -0.213. The van der Waals surface area contributed by atoms with Crippen molar-refractivity contribution >= 4 is 47.1 Å². The number of aromatic nitrogens is 1. The molecule has 0 aliphatic carbocycles. The van der Waals surface area contributed by atoms with E-state index in [4.69, 9.17) is 10.5 Å². The number of guanidine groups is 1. The Bertz CT molecular complexity index is 1070. The first-order valence-electron chi connectivity index (χ1n) is 10.5. The molecule has 0 spiro atoms. The molecular weight excluding hydrogens is 534 g/mol. The first-order chi connectivity index (χ1) is 15.6. The molecular formula is C24H28FIN6O. The number of halogens is 2. The Morgan fingerprint density at radius 3 is 2.52 bits per heavy atom. The fourth-order valence-corrected chi connectivity index (χ4v) is 3.64. The summed E-state index contributed by atoms with van der Waals surface area (Å²) in [6.07, 6.45) is 1.80. The van der Waals surface area contributed by atoms with Gasteiger partial charge >= 0.3 is 0 Å². The second-order valence-corrected chi connectivity index (χ2v) is 7.53. The predicted octanol–water partition coefficient (Wildman–Crippen LogP) is 4.10. The van der Waals surface area contributed by atoms with Crippen LogP contribution in [0.4, 0.5) is 21.6 Å². The fourth-order valence-electron chi connectivity index (χ4n) is 3.64. The topological polar surface area (TPSA) is 79.0 Å². The van der Waals surface area contributed by atoms with Crippen LogP contribution in [0.2, 0.25) is 0 Å². The van der Waals surface area contributed by atoms with Crippen LogP contribution in [0.5, 0.6) is 5.75 Å². The van der Waals surface area contributed by atoms with E-state index in [2.05, 4.69) is 31.2 Å². The van der Waals surface area contributed by atoms with Gasteiger partial charge in [0.2, 0.25) is 0 Å². The van der Waals surface area contributed by atoms with E-state index in [9.17, 15) is 4.39 Å². The third kappa shape index (κ3) is 6.70. The van der Waals surface area contributed by atoms with Crippen LogP contribution in [-0.4, -0.2) is 44.2 Å². The number of rotatable bonds is 6. The Hall–Kier alpha value is -3.08. The molecule has 7 nitrogen and oxygen atoms in total. The number of nitrogens with zero attached hydrogens (tertiary/aromatic N) is 4. The van der Waals surface area contributed by atoms with Crippen LogP contribution in [0.25, 0.3) is 0 Å². The maximum Gasteiger partial charge on any atom is 0.193 e. The van der Waals surface area contributed by atoms with Crippen molar-refractivity contribution in [1.29, 1.82) is 0 Å². The molecule has 0 saturated carbocycles. The average molecular weight is 562 g/mol. The first-order valence-corrected chi connectivity index (χ1v) is 10.5. The van der Waals surface area contributed by atoms with Crippen molar-refractivity contribution in [3.8, 4) is 5.75 Å². The van der Waals surface area contributed by atoms with Gasteiger partial charge in [0.25, 0.3) is 0 Å². The monoisotopic (exact) mass is 562 g/mol. The first kappa shape index (κ1) is 24.6. The molecule has 1 aliphatic heterocycles. The molecule has 3 aromatic rings. The Balaban J connectivity index is 0.00000306.